The van der Waals surface area contributed by atoms with Gasteiger partial charge in [-0.15, -0.1) is 0 Å². The summed E-state index contributed by atoms with van der Waals surface area (Å²) in [7, 11) is 0. The molecule has 2 saturated heterocycles. The van der Waals surface area contributed by atoms with E-state index in [9.17, 15) is 4.79 Å². The van der Waals surface area contributed by atoms with Gasteiger partial charge in [-0.2, -0.15) is 0 Å². The standard InChI is InChI=1S/C17H24N2O4/c1-11-8-14(18-23-11)17(20)19-7-6-16-15(19)5-4-13(22-16)10-21-9-12-2-3-12/h8,12-13,15-16H,2-7,9-10H2,1H3/t13?,15-,16-/m0/s1. The number of amides is 1. The van der Waals surface area contributed by atoms with Gasteiger partial charge in [0.05, 0.1) is 24.9 Å². The van der Waals surface area contributed by atoms with Crippen LogP contribution in [-0.4, -0.2) is 54.0 Å². The molecule has 1 saturated carbocycles. The molecule has 1 aromatic heterocycles. The van der Waals surface area contributed by atoms with Crippen LogP contribution in [0.3, 0.4) is 0 Å². The van der Waals surface area contributed by atoms with Gasteiger partial charge >= 0.3 is 0 Å². The van der Waals surface area contributed by atoms with E-state index in [0.29, 0.717) is 18.1 Å². The predicted molar refractivity (Wildman–Crippen MR) is 82.1 cm³/mol. The molecule has 23 heavy (non-hydrogen) atoms. The highest BCUT2D eigenvalue weighted by Crippen LogP contribution is 2.33. The van der Waals surface area contributed by atoms with E-state index in [1.54, 1.807) is 13.0 Å². The number of hydrogen-bond donors (Lipinski definition) is 0. The monoisotopic (exact) mass is 320 g/mol. The summed E-state index contributed by atoms with van der Waals surface area (Å²) in [6.07, 6.45) is 5.77. The Bertz CT molecular complexity index is 569. The molecule has 3 atom stereocenters. The quantitative estimate of drug-likeness (QED) is 0.832. The molecular weight excluding hydrogens is 296 g/mol. The van der Waals surface area contributed by atoms with Crippen LogP contribution in [0.5, 0.6) is 0 Å². The summed E-state index contributed by atoms with van der Waals surface area (Å²) in [6, 6.07) is 1.87. The van der Waals surface area contributed by atoms with Crippen LogP contribution in [0, 0.1) is 12.8 Å². The smallest absolute Gasteiger partial charge is 0.276 e. The molecule has 2 aliphatic heterocycles. The number of likely N-dealkylation sites (tertiary alicyclic amines) is 1. The van der Waals surface area contributed by atoms with Crippen molar-refractivity contribution < 1.29 is 18.8 Å². The van der Waals surface area contributed by atoms with E-state index in [1.165, 1.54) is 12.8 Å². The first kappa shape index (κ1) is 15.1. The molecule has 1 aromatic rings. The lowest BCUT2D eigenvalue weighted by Crippen LogP contribution is -2.46. The third kappa shape index (κ3) is 3.28. The summed E-state index contributed by atoms with van der Waals surface area (Å²) in [5, 5.41) is 3.85. The van der Waals surface area contributed by atoms with Crippen LogP contribution in [0.25, 0.3) is 0 Å². The molecule has 3 fully saturated rings. The molecule has 6 nitrogen and oxygen atoms in total. The highest BCUT2D eigenvalue weighted by atomic mass is 16.5. The van der Waals surface area contributed by atoms with Crippen molar-refractivity contribution in [1.82, 2.24) is 10.1 Å². The van der Waals surface area contributed by atoms with Gasteiger partial charge in [0.2, 0.25) is 0 Å². The van der Waals surface area contributed by atoms with E-state index in [4.69, 9.17) is 14.0 Å². The maximum Gasteiger partial charge on any atom is 0.276 e. The van der Waals surface area contributed by atoms with Crippen molar-refractivity contribution in [2.24, 2.45) is 5.92 Å². The van der Waals surface area contributed by atoms with E-state index < -0.39 is 0 Å². The number of rotatable bonds is 5. The first-order chi connectivity index (χ1) is 11.2. The maximum atomic E-state index is 12.6. The molecule has 6 heteroatoms. The normalized spacial score (nSPS) is 30.5. The van der Waals surface area contributed by atoms with Gasteiger partial charge in [-0.3, -0.25) is 4.79 Å². The number of carbonyl (C=O) groups excluding carboxylic acids is 1. The summed E-state index contributed by atoms with van der Waals surface area (Å²) >= 11 is 0. The molecule has 3 aliphatic rings. The van der Waals surface area contributed by atoms with Crippen molar-refractivity contribution in [1.29, 1.82) is 0 Å². The SMILES string of the molecule is Cc1cc(C(=O)N2CC[C@@H]3OC(COCC4CC4)CC[C@@H]32)no1. The maximum absolute atomic E-state index is 12.6. The Balaban J connectivity index is 1.31. The minimum Gasteiger partial charge on any atom is -0.378 e. The number of fused-ring (bicyclic) bond motifs is 1. The molecule has 1 unspecified atom stereocenters. The second kappa shape index (κ2) is 6.24. The first-order valence-corrected chi connectivity index (χ1v) is 8.68. The summed E-state index contributed by atoms with van der Waals surface area (Å²) in [4.78, 5) is 14.5. The highest BCUT2D eigenvalue weighted by Gasteiger charge is 2.42. The van der Waals surface area contributed by atoms with Gasteiger partial charge < -0.3 is 18.9 Å². The number of hydrogen-bond acceptors (Lipinski definition) is 5. The molecule has 0 N–H and O–H groups in total. The first-order valence-electron chi connectivity index (χ1n) is 8.68. The Hall–Kier alpha value is -1.40. The van der Waals surface area contributed by atoms with Crippen molar-refractivity contribution in [2.75, 3.05) is 19.8 Å². The lowest BCUT2D eigenvalue weighted by molar-refractivity contribution is -0.0973. The third-order valence-electron chi connectivity index (χ3n) is 5.10. The van der Waals surface area contributed by atoms with Gasteiger partial charge in [0.25, 0.3) is 5.91 Å². The summed E-state index contributed by atoms with van der Waals surface area (Å²) in [6.45, 7) is 4.10. The fourth-order valence-corrected chi connectivity index (χ4v) is 3.64. The van der Waals surface area contributed by atoms with E-state index in [2.05, 4.69) is 5.16 Å². The second-order valence-electron chi connectivity index (χ2n) is 7.03. The number of aryl methyl sites for hydroxylation is 1. The van der Waals surface area contributed by atoms with Crippen molar-refractivity contribution in [3.05, 3.63) is 17.5 Å². The van der Waals surface area contributed by atoms with Gasteiger partial charge in [0.1, 0.15) is 5.76 Å². The Kier molecular flexibility index (Phi) is 4.11. The van der Waals surface area contributed by atoms with Crippen LogP contribution in [0.2, 0.25) is 0 Å². The van der Waals surface area contributed by atoms with Crippen LogP contribution in [-0.2, 0) is 9.47 Å². The minimum atomic E-state index is -0.0404. The molecule has 126 valence electrons. The molecule has 1 amide bonds. The zero-order chi connectivity index (χ0) is 15.8. The molecular formula is C17H24N2O4. The molecule has 3 heterocycles. The fourth-order valence-electron chi connectivity index (χ4n) is 3.64. The molecule has 0 radical (unpaired) electrons. The van der Waals surface area contributed by atoms with E-state index in [0.717, 1.165) is 38.3 Å². The Morgan fingerprint density at radius 2 is 2.17 bits per heavy atom. The van der Waals surface area contributed by atoms with Crippen molar-refractivity contribution in [3.63, 3.8) is 0 Å². The molecule has 1 aliphatic carbocycles. The number of ether oxygens (including phenoxy) is 2. The van der Waals surface area contributed by atoms with Crippen LogP contribution in [0.1, 0.15) is 48.4 Å². The van der Waals surface area contributed by atoms with Crippen LogP contribution < -0.4 is 0 Å². The fraction of sp³-hybridized carbons (Fsp3) is 0.765. The van der Waals surface area contributed by atoms with Crippen LogP contribution >= 0.6 is 0 Å². The average Bonchev–Trinajstić information content (AvgIpc) is 3.11. The largest absolute Gasteiger partial charge is 0.378 e. The van der Waals surface area contributed by atoms with E-state index in [1.807, 2.05) is 4.90 Å². The van der Waals surface area contributed by atoms with Gasteiger partial charge in [-0.25, -0.2) is 0 Å². The van der Waals surface area contributed by atoms with Crippen LogP contribution in [0.4, 0.5) is 0 Å². The Labute approximate surface area is 136 Å². The summed E-state index contributed by atoms with van der Waals surface area (Å²) in [5.74, 6) is 1.41. The molecule has 0 spiro atoms. The van der Waals surface area contributed by atoms with E-state index in [-0.39, 0.29) is 24.2 Å². The van der Waals surface area contributed by atoms with Crippen molar-refractivity contribution in [2.45, 2.75) is 57.3 Å². The van der Waals surface area contributed by atoms with Crippen LogP contribution in [0.15, 0.2) is 10.6 Å². The van der Waals surface area contributed by atoms with Gasteiger partial charge in [0, 0.05) is 19.2 Å². The number of aromatic nitrogens is 1. The van der Waals surface area contributed by atoms with Crippen molar-refractivity contribution >= 4 is 5.91 Å². The average molecular weight is 320 g/mol. The lowest BCUT2D eigenvalue weighted by Gasteiger charge is -2.35. The number of carbonyl (C=O) groups is 1. The highest BCUT2D eigenvalue weighted by molar-refractivity contribution is 5.92. The topological polar surface area (TPSA) is 64.8 Å². The zero-order valence-corrected chi connectivity index (χ0v) is 13.6. The van der Waals surface area contributed by atoms with Gasteiger partial charge in [-0.1, -0.05) is 5.16 Å². The molecule has 0 aromatic carbocycles. The van der Waals surface area contributed by atoms with Gasteiger partial charge in [-0.05, 0) is 44.9 Å². The van der Waals surface area contributed by atoms with E-state index >= 15 is 0 Å². The zero-order valence-electron chi connectivity index (χ0n) is 13.6. The second-order valence-corrected chi connectivity index (χ2v) is 7.03. The third-order valence-corrected chi connectivity index (χ3v) is 5.10. The van der Waals surface area contributed by atoms with Crippen molar-refractivity contribution in [3.8, 4) is 0 Å². The molecule has 4 rings (SSSR count). The Morgan fingerprint density at radius 1 is 1.30 bits per heavy atom. The minimum absolute atomic E-state index is 0.0404. The predicted octanol–water partition coefficient (Wildman–Crippen LogP) is 2.17. The summed E-state index contributed by atoms with van der Waals surface area (Å²) in [5.41, 5.74) is 0.401. The number of nitrogens with zero attached hydrogens (tertiary/aromatic N) is 2. The molecule has 0 bridgehead atoms. The summed E-state index contributed by atoms with van der Waals surface area (Å²) < 4.78 is 17.0. The van der Waals surface area contributed by atoms with Gasteiger partial charge in [0.15, 0.2) is 5.69 Å². The Morgan fingerprint density at radius 3 is 2.91 bits per heavy atom. The lowest BCUT2D eigenvalue weighted by atomic mass is 9.99.